The molecule has 1 heterocycles. The molecule has 0 unspecified atom stereocenters. The molecule has 1 aromatic carbocycles. The fraction of sp³-hybridized carbons (Fsp3) is 0.231. The van der Waals surface area contributed by atoms with Crippen molar-refractivity contribution in [1.82, 2.24) is 5.32 Å². The maximum Gasteiger partial charge on any atom is 0.138 e. The van der Waals surface area contributed by atoms with Crippen LogP contribution in [0.4, 0.5) is 4.39 Å². The number of halogens is 2. The molecule has 3 nitrogen and oxygen atoms in total. The Morgan fingerprint density at radius 2 is 2.22 bits per heavy atom. The number of benzene rings is 1. The first-order valence-electron chi connectivity index (χ1n) is 5.56. The van der Waals surface area contributed by atoms with Gasteiger partial charge in [0, 0.05) is 6.54 Å². The van der Waals surface area contributed by atoms with Crippen LogP contribution in [-0.4, -0.2) is 13.2 Å². The zero-order chi connectivity index (χ0) is 12.8. The molecular formula is C13H13ClFNO2. The van der Waals surface area contributed by atoms with Crippen LogP contribution in [0.5, 0.6) is 5.75 Å². The van der Waals surface area contributed by atoms with Gasteiger partial charge in [-0.3, -0.25) is 0 Å². The summed E-state index contributed by atoms with van der Waals surface area (Å²) in [7, 11) is 0. The van der Waals surface area contributed by atoms with E-state index in [-0.39, 0.29) is 10.8 Å². The number of furan rings is 1. The minimum Gasteiger partial charge on any atom is -0.491 e. The standard InChI is InChI=1S/C13H13ClFNO2/c14-12-8-10(15)3-4-13(12)18-7-5-16-9-11-2-1-6-17-11/h1-4,6,8,16H,5,7,9H2. The molecule has 2 aromatic rings. The first-order valence-corrected chi connectivity index (χ1v) is 5.94. The van der Waals surface area contributed by atoms with E-state index >= 15 is 0 Å². The third-order valence-electron chi connectivity index (χ3n) is 2.31. The molecule has 0 spiro atoms. The average molecular weight is 270 g/mol. The highest BCUT2D eigenvalue weighted by Crippen LogP contribution is 2.24. The molecule has 0 fully saturated rings. The summed E-state index contributed by atoms with van der Waals surface area (Å²) in [4.78, 5) is 0. The quantitative estimate of drug-likeness (QED) is 0.818. The van der Waals surface area contributed by atoms with Crippen LogP contribution in [0.2, 0.25) is 5.02 Å². The number of hydrogen-bond donors (Lipinski definition) is 1. The van der Waals surface area contributed by atoms with Crippen molar-refractivity contribution in [1.29, 1.82) is 0 Å². The molecule has 0 saturated carbocycles. The number of rotatable bonds is 6. The zero-order valence-corrected chi connectivity index (χ0v) is 10.4. The Kier molecular flexibility index (Phi) is 4.61. The highest BCUT2D eigenvalue weighted by Gasteiger charge is 2.02. The lowest BCUT2D eigenvalue weighted by molar-refractivity contribution is 0.310. The monoisotopic (exact) mass is 269 g/mol. The molecule has 1 aromatic heterocycles. The van der Waals surface area contributed by atoms with Gasteiger partial charge in [-0.25, -0.2) is 4.39 Å². The lowest BCUT2D eigenvalue weighted by Gasteiger charge is -2.08. The highest BCUT2D eigenvalue weighted by atomic mass is 35.5. The van der Waals surface area contributed by atoms with E-state index in [0.717, 1.165) is 5.76 Å². The minimum atomic E-state index is -0.372. The van der Waals surface area contributed by atoms with Crippen molar-refractivity contribution in [3.8, 4) is 5.75 Å². The van der Waals surface area contributed by atoms with E-state index in [0.29, 0.717) is 25.4 Å². The molecule has 96 valence electrons. The Labute approximate surface area is 110 Å². The van der Waals surface area contributed by atoms with Crippen molar-refractivity contribution in [2.45, 2.75) is 6.54 Å². The van der Waals surface area contributed by atoms with Crippen molar-refractivity contribution >= 4 is 11.6 Å². The van der Waals surface area contributed by atoms with Gasteiger partial charge in [-0.1, -0.05) is 11.6 Å². The average Bonchev–Trinajstić information content (AvgIpc) is 2.84. The largest absolute Gasteiger partial charge is 0.491 e. The molecule has 0 atom stereocenters. The van der Waals surface area contributed by atoms with E-state index in [4.69, 9.17) is 20.8 Å². The van der Waals surface area contributed by atoms with Gasteiger partial charge >= 0.3 is 0 Å². The summed E-state index contributed by atoms with van der Waals surface area (Å²) in [5.74, 6) is 0.982. The van der Waals surface area contributed by atoms with Crippen LogP contribution >= 0.6 is 11.6 Å². The van der Waals surface area contributed by atoms with E-state index in [1.165, 1.54) is 18.2 Å². The minimum absolute atomic E-state index is 0.279. The summed E-state index contributed by atoms with van der Waals surface area (Å²) in [5, 5.41) is 3.43. The highest BCUT2D eigenvalue weighted by molar-refractivity contribution is 6.32. The summed E-state index contributed by atoms with van der Waals surface area (Å²) in [6, 6.07) is 7.80. The van der Waals surface area contributed by atoms with Gasteiger partial charge in [0.25, 0.3) is 0 Å². The zero-order valence-electron chi connectivity index (χ0n) is 9.66. The molecule has 0 aliphatic carbocycles. The topological polar surface area (TPSA) is 34.4 Å². The van der Waals surface area contributed by atoms with Crippen LogP contribution in [0.15, 0.2) is 41.0 Å². The molecule has 0 aliphatic heterocycles. The Morgan fingerprint density at radius 1 is 1.33 bits per heavy atom. The van der Waals surface area contributed by atoms with Gasteiger partial charge in [0.2, 0.25) is 0 Å². The molecule has 0 saturated heterocycles. The van der Waals surface area contributed by atoms with Crippen LogP contribution in [-0.2, 0) is 6.54 Å². The first-order chi connectivity index (χ1) is 8.75. The molecule has 0 bridgehead atoms. The number of nitrogens with one attached hydrogen (secondary N) is 1. The normalized spacial score (nSPS) is 10.6. The molecule has 5 heteroatoms. The third kappa shape index (κ3) is 3.75. The fourth-order valence-electron chi connectivity index (χ4n) is 1.45. The van der Waals surface area contributed by atoms with E-state index in [1.54, 1.807) is 6.26 Å². The summed E-state index contributed by atoms with van der Waals surface area (Å²) in [6.07, 6.45) is 1.63. The van der Waals surface area contributed by atoms with E-state index in [1.807, 2.05) is 12.1 Å². The van der Waals surface area contributed by atoms with Crippen LogP contribution in [0.25, 0.3) is 0 Å². The molecular weight excluding hydrogens is 257 g/mol. The lowest BCUT2D eigenvalue weighted by atomic mass is 10.3. The summed E-state index contributed by atoms with van der Waals surface area (Å²) in [5.41, 5.74) is 0. The van der Waals surface area contributed by atoms with Gasteiger partial charge in [0.15, 0.2) is 0 Å². The Bertz CT molecular complexity index is 488. The van der Waals surface area contributed by atoms with Crippen LogP contribution in [0, 0.1) is 5.82 Å². The predicted molar refractivity (Wildman–Crippen MR) is 67.3 cm³/mol. The SMILES string of the molecule is Fc1ccc(OCCNCc2ccco2)c(Cl)c1. The molecule has 0 radical (unpaired) electrons. The lowest BCUT2D eigenvalue weighted by Crippen LogP contribution is -2.20. The molecule has 0 amide bonds. The van der Waals surface area contributed by atoms with Crippen LogP contribution in [0.3, 0.4) is 0 Å². The first kappa shape index (κ1) is 12.9. The molecule has 2 rings (SSSR count). The molecule has 0 aliphatic rings. The van der Waals surface area contributed by atoms with E-state index in [2.05, 4.69) is 5.32 Å². The van der Waals surface area contributed by atoms with E-state index in [9.17, 15) is 4.39 Å². The van der Waals surface area contributed by atoms with Crippen molar-refractivity contribution < 1.29 is 13.5 Å². The smallest absolute Gasteiger partial charge is 0.138 e. The summed E-state index contributed by atoms with van der Waals surface area (Å²) >= 11 is 5.82. The maximum absolute atomic E-state index is 12.8. The van der Waals surface area contributed by atoms with Crippen molar-refractivity contribution in [3.63, 3.8) is 0 Å². The number of ether oxygens (including phenoxy) is 1. The van der Waals surface area contributed by atoms with Crippen molar-refractivity contribution in [3.05, 3.63) is 53.2 Å². The third-order valence-corrected chi connectivity index (χ3v) is 2.61. The van der Waals surface area contributed by atoms with Gasteiger partial charge in [-0.15, -0.1) is 0 Å². The van der Waals surface area contributed by atoms with Gasteiger partial charge in [0.05, 0.1) is 17.8 Å². The second-order valence-corrected chi connectivity index (χ2v) is 4.09. The van der Waals surface area contributed by atoms with E-state index < -0.39 is 0 Å². The van der Waals surface area contributed by atoms with Crippen molar-refractivity contribution in [2.24, 2.45) is 0 Å². The number of hydrogen-bond acceptors (Lipinski definition) is 3. The Hall–Kier alpha value is -1.52. The summed E-state index contributed by atoms with van der Waals surface area (Å²) < 4.78 is 23.4. The predicted octanol–water partition coefficient (Wildman–Crippen LogP) is 3.24. The van der Waals surface area contributed by atoms with Gasteiger partial charge < -0.3 is 14.5 Å². The summed E-state index contributed by atoms with van der Waals surface area (Å²) in [6.45, 7) is 1.74. The van der Waals surface area contributed by atoms with Gasteiger partial charge in [-0.05, 0) is 30.3 Å². The maximum atomic E-state index is 12.8. The second kappa shape index (κ2) is 6.42. The van der Waals surface area contributed by atoms with Gasteiger partial charge in [0.1, 0.15) is 23.9 Å². The Balaban J connectivity index is 1.69. The van der Waals surface area contributed by atoms with Crippen LogP contribution < -0.4 is 10.1 Å². The second-order valence-electron chi connectivity index (χ2n) is 3.68. The van der Waals surface area contributed by atoms with Crippen LogP contribution in [0.1, 0.15) is 5.76 Å². The van der Waals surface area contributed by atoms with Crippen molar-refractivity contribution in [2.75, 3.05) is 13.2 Å². The van der Waals surface area contributed by atoms with Gasteiger partial charge in [-0.2, -0.15) is 0 Å². The Morgan fingerprint density at radius 3 is 2.94 bits per heavy atom. The fourth-order valence-corrected chi connectivity index (χ4v) is 1.67. The molecule has 1 N–H and O–H groups in total. The molecule has 18 heavy (non-hydrogen) atoms.